The average molecular weight is 369 g/mol. The van der Waals surface area contributed by atoms with E-state index >= 15 is 0 Å². The molecule has 1 heterocycles. The van der Waals surface area contributed by atoms with Gasteiger partial charge in [0.2, 0.25) is 0 Å². The van der Waals surface area contributed by atoms with Gasteiger partial charge in [-0.1, -0.05) is 49.9 Å². The van der Waals surface area contributed by atoms with Gasteiger partial charge in [0.25, 0.3) is 11.8 Å². The number of rotatable bonds is 5. The number of carbonyl (C=O) groups is 2. The van der Waals surface area contributed by atoms with Crippen molar-refractivity contribution in [2.75, 3.05) is 0 Å². The van der Waals surface area contributed by atoms with Crippen LogP contribution in [0.15, 0.2) is 53.5 Å². The Morgan fingerprint density at radius 1 is 0.962 bits per heavy atom. The van der Waals surface area contributed by atoms with Crippen molar-refractivity contribution in [3.05, 3.63) is 64.0 Å². The lowest BCUT2D eigenvalue weighted by atomic mass is 10.1. The van der Waals surface area contributed by atoms with Gasteiger partial charge < -0.3 is 10.6 Å². The van der Waals surface area contributed by atoms with Crippen molar-refractivity contribution < 1.29 is 9.59 Å². The van der Waals surface area contributed by atoms with Crippen LogP contribution in [0.1, 0.15) is 53.8 Å². The van der Waals surface area contributed by atoms with Crippen LogP contribution >= 0.6 is 11.3 Å². The van der Waals surface area contributed by atoms with Gasteiger partial charge in [0.1, 0.15) is 5.70 Å². The molecule has 3 rings (SSSR count). The third-order valence-corrected chi connectivity index (χ3v) is 5.37. The minimum absolute atomic E-state index is 0.186. The van der Waals surface area contributed by atoms with Gasteiger partial charge in [0, 0.05) is 16.5 Å². The summed E-state index contributed by atoms with van der Waals surface area (Å²) in [5.74, 6) is -0.487. The van der Waals surface area contributed by atoms with Crippen LogP contribution in [-0.2, 0) is 4.79 Å². The third kappa shape index (κ3) is 5.30. The highest BCUT2D eigenvalue weighted by molar-refractivity contribution is 7.10. The quantitative estimate of drug-likeness (QED) is 0.609. The molecule has 2 amide bonds. The SMILES string of the molecule is O=C(NC1CCCCCC1)/C(=C\c1cccs1)NC(=O)c1ccccc1. The molecule has 1 aliphatic rings. The van der Waals surface area contributed by atoms with E-state index in [0.29, 0.717) is 11.3 Å². The van der Waals surface area contributed by atoms with E-state index < -0.39 is 0 Å². The van der Waals surface area contributed by atoms with Gasteiger partial charge in [0.05, 0.1) is 0 Å². The fraction of sp³-hybridized carbons (Fsp3) is 0.333. The van der Waals surface area contributed by atoms with E-state index in [4.69, 9.17) is 0 Å². The smallest absolute Gasteiger partial charge is 0.268 e. The fourth-order valence-corrected chi connectivity index (χ4v) is 3.80. The number of hydrogen-bond acceptors (Lipinski definition) is 3. The highest BCUT2D eigenvalue weighted by atomic mass is 32.1. The lowest BCUT2D eigenvalue weighted by molar-refractivity contribution is -0.118. The predicted molar refractivity (Wildman–Crippen MR) is 106 cm³/mol. The molecule has 0 unspecified atom stereocenters. The molecular weight excluding hydrogens is 344 g/mol. The van der Waals surface area contributed by atoms with Crippen molar-refractivity contribution in [1.82, 2.24) is 10.6 Å². The average Bonchev–Trinajstić information content (AvgIpc) is 3.04. The number of thiophene rings is 1. The highest BCUT2D eigenvalue weighted by Crippen LogP contribution is 2.18. The molecule has 1 fully saturated rings. The molecule has 26 heavy (non-hydrogen) atoms. The van der Waals surface area contributed by atoms with Crippen molar-refractivity contribution in [1.29, 1.82) is 0 Å². The summed E-state index contributed by atoms with van der Waals surface area (Å²) >= 11 is 1.53. The molecule has 2 N–H and O–H groups in total. The first-order chi connectivity index (χ1) is 12.7. The molecular formula is C21H24N2O2S. The normalized spacial score (nSPS) is 15.9. The van der Waals surface area contributed by atoms with Crippen LogP contribution < -0.4 is 10.6 Å². The Morgan fingerprint density at radius 2 is 1.69 bits per heavy atom. The second-order valence-electron chi connectivity index (χ2n) is 6.56. The third-order valence-electron chi connectivity index (χ3n) is 4.55. The van der Waals surface area contributed by atoms with Crippen LogP contribution in [0, 0.1) is 0 Å². The number of carbonyl (C=O) groups excluding carboxylic acids is 2. The molecule has 0 bridgehead atoms. The molecule has 2 aromatic rings. The van der Waals surface area contributed by atoms with Crippen molar-refractivity contribution in [2.24, 2.45) is 0 Å². The van der Waals surface area contributed by atoms with Crippen LogP contribution in [0.25, 0.3) is 6.08 Å². The molecule has 1 saturated carbocycles. The Hall–Kier alpha value is -2.40. The summed E-state index contributed by atoms with van der Waals surface area (Å²) < 4.78 is 0. The second kappa shape index (κ2) is 9.34. The van der Waals surface area contributed by atoms with E-state index in [1.807, 2.05) is 35.7 Å². The molecule has 0 aliphatic heterocycles. The molecule has 0 atom stereocenters. The molecule has 136 valence electrons. The van der Waals surface area contributed by atoms with Crippen molar-refractivity contribution in [3.8, 4) is 0 Å². The summed E-state index contributed by atoms with van der Waals surface area (Å²) in [5.41, 5.74) is 0.831. The van der Waals surface area contributed by atoms with Gasteiger partial charge in [-0.2, -0.15) is 0 Å². The van der Waals surface area contributed by atoms with Crippen LogP contribution in [0.4, 0.5) is 0 Å². The first-order valence-corrected chi connectivity index (χ1v) is 10.0. The van der Waals surface area contributed by atoms with E-state index in [1.165, 1.54) is 24.2 Å². The molecule has 1 aliphatic carbocycles. The summed E-state index contributed by atoms with van der Waals surface area (Å²) in [4.78, 5) is 26.3. The molecule has 1 aromatic carbocycles. The number of benzene rings is 1. The largest absolute Gasteiger partial charge is 0.348 e. The Balaban J connectivity index is 1.74. The first kappa shape index (κ1) is 18.4. The van der Waals surface area contributed by atoms with E-state index in [1.54, 1.807) is 18.2 Å². The van der Waals surface area contributed by atoms with Gasteiger partial charge in [-0.05, 0) is 42.5 Å². The summed E-state index contributed by atoms with van der Waals surface area (Å²) in [6.45, 7) is 0. The van der Waals surface area contributed by atoms with Crippen LogP contribution in [-0.4, -0.2) is 17.9 Å². The highest BCUT2D eigenvalue weighted by Gasteiger charge is 2.19. The number of nitrogens with one attached hydrogen (secondary N) is 2. The van der Waals surface area contributed by atoms with Crippen molar-refractivity contribution >= 4 is 29.2 Å². The van der Waals surface area contributed by atoms with Crippen LogP contribution in [0.5, 0.6) is 0 Å². The van der Waals surface area contributed by atoms with Gasteiger partial charge in [-0.15, -0.1) is 11.3 Å². The lowest BCUT2D eigenvalue weighted by Crippen LogP contribution is -2.40. The summed E-state index contributed by atoms with van der Waals surface area (Å²) in [6.07, 6.45) is 8.51. The Labute approximate surface area is 158 Å². The first-order valence-electron chi connectivity index (χ1n) is 9.15. The van der Waals surface area contributed by atoms with Gasteiger partial charge in [0.15, 0.2) is 0 Å². The van der Waals surface area contributed by atoms with Gasteiger partial charge >= 0.3 is 0 Å². The number of amides is 2. The van der Waals surface area contributed by atoms with Crippen LogP contribution in [0.2, 0.25) is 0 Å². The standard InChI is InChI=1S/C21H24N2O2S/c24-20(16-9-4-3-5-10-16)23-19(15-18-13-8-14-26-18)21(25)22-17-11-6-1-2-7-12-17/h3-5,8-10,13-15,17H,1-2,6-7,11-12H2,(H,22,25)(H,23,24)/b19-15+. The predicted octanol–water partition coefficient (Wildman–Crippen LogP) is 4.36. The fourth-order valence-electron chi connectivity index (χ4n) is 3.14. The Bertz CT molecular complexity index is 746. The van der Waals surface area contributed by atoms with Crippen molar-refractivity contribution in [2.45, 2.75) is 44.6 Å². The van der Waals surface area contributed by atoms with Gasteiger partial charge in [-0.25, -0.2) is 0 Å². The maximum Gasteiger partial charge on any atom is 0.268 e. The molecule has 0 saturated heterocycles. The maximum absolute atomic E-state index is 12.8. The summed E-state index contributed by atoms with van der Waals surface area (Å²) in [6, 6.07) is 13.0. The second-order valence-corrected chi connectivity index (χ2v) is 7.53. The topological polar surface area (TPSA) is 58.2 Å². The van der Waals surface area contributed by atoms with E-state index in [2.05, 4.69) is 10.6 Å². The summed E-state index contributed by atoms with van der Waals surface area (Å²) in [7, 11) is 0. The molecule has 0 spiro atoms. The van der Waals surface area contributed by atoms with Crippen LogP contribution in [0.3, 0.4) is 0 Å². The number of hydrogen-bond donors (Lipinski definition) is 2. The lowest BCUT2D eigenvalue weighted by Gasteiger charge is -2.18. The zero-order valence-electron chi connectivity index (χ0n) is 14.7. The summed E-state index contributed by atoms with van der Waals surface area (Å²) in [5, 5.41) is 7.85. The molecule has 5 heteroatoms. The van der Waals surface area contributed by atoms with Crippen molar-refractivity contribution in [3.63, 3.8) is 0 Å². The minimum atomic E-state index is -0.274. The van der Waals surface area contributed by atoms with Gasteiger partial charge in [-0.3, -0.25) is 9.59 Å². The Kier molecular flexibility index (Phi) is 6.61. The van der Waals surface area contributed by atoms with E-state index in [0.717, 1.165) is 30.6 Å². The maximum atomic E-state index is 12.8. The van der Waals surface area contributed by atoms with E-state index in [-0.39, 0.29) is 17.9 Å². The molecule has 1 aromatic heterocycles. The monoisotopic (exact) mass is 368 g/mol. The minimum Gasteiger partial charge on any atom is -0.348 e. The van der Waals surface area contributed by atoms with E-state index in [9.17, 15) is 9.59 Å². The Morgan fingerprint density at radius 3 is 2.35 bits per heavy atom. The zero-order chi connectivity index (χ0) is 18.2. The molecule has 4 nitrogen and oxygen atoms in total. The zero-order valence-corrected chi connectivity index (χ0v) is 15.6. The molecule has 0 radical (unpaired) electrons.